The third-order valence-corrected chi connectivity index (χ3v) is 2.30. The summed E-state index contributed by atoms with van der Waals surface area (Å²) >= 11 is 0. The van der Waals surface area contributed by atoms with Crippen LogP contribution in [-0.2, 0) is 18.9 Å². The minimum Gasteiger partial charge on any atom is -0.356 e. The third-order valence-electron chi connectivity index (χ3n) is 2.30. The summed E-state index contributed by atoms with van der Waals surface area (Å²) in [6.45, 7) is 0.642. The van der Waals surface area contributed by atoms with Crippen LogP contribution in [0.4, 0.5) is 0 Å². The van der Waals surface area contributed by atoms with Gasteiger partial charge in [0.15, 0.2) is 12.1 Å². The first-order chi connectivity index (χ1) is 7.03. The van der Waals surface area contributed by atoms with Crippen LogP contribution >= 0.6 is 0 Å². The summed E-state index contributed by atoms with van der Waals surface area (Å²) in [7, 11) is 10.4. The molecular formula is C10H23NO4. The predicted molar refractivity (Wildman–Crippen MR) is 57.7 cm³/mol. The number of nitrogens with zero attached hydrogens (tertiary/aromatic N) is 1. The Kier molecular flexibility index (Phi) is 7.04. The van der Waals surface area contributed by atoms with Crippen LogP contribution in [0.25, 0.3) is 0 Å². The van der Waals surface area contributed by atoms with Gasteiger partial charge in [-0.05, 0) is 14.1 Å². The fraction of sp³-hybridized carbons (Fsp3) is 1.00. The van der Waals surface area contributed by atoms with Gasteiger partial charge in [-0.25, -0.2) is 0 Å². The largest absolute Gasteiger partial charge is 0.356 e. The smallest absolute Gasteiger partial charge is 0.185 e. The topological polar surface area (TPSA) is 40.2 Å². The molecule has 15 heavy (non-hydrogen) atoms. The van der Waals surface area contributed by atoms with Gasteiger partial charge in [0.2, 0.25) is 0 Å². The number of methoxy groups -OCH3 is 4. The summed E-state index contributed by atoms with van der Waals surface area (Å²) in [6, 6.07) is 0. The van der Waals surface area contributed by atoms with Crippen molar-refractivity contribution < 1.29 is 18.9 Å². The molecule has 0 amide bonds. The Balaban J connectivity index is 4.47. The van der Waals surface area contributed by atoms with Crippen molar-refractivity contribution in [3.63, 3.8) is 0 Å². The number of hydrogen-bond donors (Lipinski definition) is 0. The van der Waals surface area contributed by atoms with Crippen molar-refractivity contribution in [3.05, 3.63) is 0 Å². The van der Waals surface area contributed by atoms with Crippen LogP contribution in [-0.4, -0.2) is 66.1 Å². The molecule has 0 aromatic carbocycles. The van der Waals surface area contributed by atoms with Gasteiger partial charge in [-0.15, -0.1) is 0 Å². The monoisotopic (exact) mass is 221 g/mol. The van der Waals surface area contributed by atoms with Gasteiger partial charge in [0.05, 0.1) is 13.0 Å². The predicted octanol–water partition coefficient (Wildman–Crippen LogP) is 0.546. The lowest BCUT2D eigenvalue weighted by Crippen LogP contribution is -2.46. The zero-order chi connectivity index (χ0) is 11.9. The van der Waals surface area contributed by atoms with Gasteiger partial charge in [-0.1, -0.05) is 0 Å². The first-order valence-corrected chi connectivity index (χ1v) is 4.84. The summed E-state index contributed by atoms with van der Waals surface area (Å²) < 4.78 is 21.1. The van der Waals surface area contributed by atoms with Crippen molar-refractivity contribution in [2.75, 3.05) is 49.1 Å². The average molecular weight is 221 g/mol. The summed E-state index contributed by atoms with van der Waals surface area (Å²) in [6.07, 6.45) is 0.190. The van der Waals surface area contributed by atoms with Crippen molar-refractivity contribution in [1.29, 1.82) is 0 Å². The van der Waals surface area contributed by atoms with E-state index in [1.54, 1.807) is 28.4 Å². The summed E-state index contributed by atoms with van der Waals surface area (Å²) in [5, 5.41) is 0. The highest BCUT2D eigenvalue weighted by Gasteiger charge is 2.34. The molecule has 0 saturated carbocycles. The normalized spacial score (nSPS) is 12.8. The molecule has 0 atom stereocenters. The number of likely N-dealkylation sites (N-methyl/N-ethyl adjacent to an activating group) is 1. The third kappa shape index (κ3) is 4.90. The Bertz CT molecular complexity index is 156. The maximum atomic E-state index is 5.41. The Morgan fingerprint density at radius 2 is 1.47 bits per heavy atom. The Hall–Kier alpha value is -0.200. The highest BCUT2D eigenvalue weighted by Crippen LogP contribution is 2.21. The average Bonchev–Trinajstić information content (AvgIpc) is 2.23. The van der Waals surface area contributed by atoms with Gasteiger partial charge in [-0.2, -0.15) is 0 Å². The van der Waals surface area contributed by atoms with E-state index in [-0.39, 0.29) is 6.29 Å². The zero-order valence-electron chi connectivity index (χ0n) is 10.6. The SMILES string of the molecule is COC(CC(CN(C)C)(OC)OC)OC. The van der Waals surface area contributed by atoms with Crippen molar-refractivity contribution in [2.24, 2.45) is 0 Å². The highest BCUT2D eigenvalue weighted by molar-refractivity contribution is 4.74. The molecule has 0 aliphatic heterocycles. The molecule has 0 bridgehead atoms. The van der Waals surface area contributed by atoms with E-state index < -0.39 is 5.79 Å². The van der Waals surface area contributed by atoms with E-state index in [1.807, 2.05) is 19.0 Å². The van der Waals surface area contributed by atoms with E-state index in [1.165, 1.54) is 0 Å². The van der Waals surface area contributed by atoms with Crippen molar-refractivity contribution in [1.82, 2.24) is 4.90 Å². The highest BCUT2D eigenvalue weighted by atomic mass is 16.7. The second-order valence-corrected chi connectivity index (χ2v) is 3.66. The van der Waals surface area contributed by atoms with Gasteiger partial charge in [0.1, 0.15) is 0 Å². The second-order valence-electron chi connectivity index (χ2n) is 3.66. The second kappa shape index (κ2) is 7.14. The Morgan fingerprint density at radius 1 is 1.00 bits per heavy atom. The maximum absolute atomic E-state index is 5.41. The Labute approximate surface area is 92.2 Å². The lowest BCUT2D eigenvalue weighted by atomic mass is 10.1. The molecule has 0 aromatic heterocycles. The van der Waals surface area contributed by atoms with Crippen LogP contribution in [0.5, 0.6) is 0 Å². The van der Waals surface area contributed by atoms with Gasteiger partial charge >= 0.3 is 0 Å². The van der Waals surface area contributed by atoms with Crippen molar-refractivity contribution >= 4 is 0 Å². The fourth-order valence-corrected chi connectivity index (χ4v) is 1.44. The molecule has 0 spiro atoms. The van der Waals surface area contributed by atoms with E-state index in [0.29, 0.717) is 13.0 Å². The zero-order valence-corrected chi connectivity index (χ0v) is 10.6. The molecule has 0 rings (SSSR count). The van der Waals surface area contributed by atoms with E-state index in [0.717, 1.165) is 0 Å². The quantitative estimate of drug-likeness (QED) is 0.560. The fourth-order valence-electron chi connectivity index (χ4n) is 1.44. The van der Waals surface area contributed by atoms with Crippen molar-refractivity contribution in [3.8, 4) is 0 Å². The first-order valence-electron chi connectivity index (χ1n) is 4.84. The molecule has 0 aromatic rings. The van der Waals surface area contributed by atoms with Gasteiger partial charge in [0, 0.05) is 28.4 Å². The minimum absolute atomic E-state index is 0.329. The summed E-state index contributed by atoms with van der Waals surface area (Å²) in [5.74, 6) is -0.694. The molecule has 5 nitrogen and oxygen atoms in total. The molecule has 5 heteroatoms. The van der Waals surface area contributed by atoms with E-state index in [2.05, 4.69) is 0 Å². The molecule has 0 radical (unpaired) electrons. The van der Waals surface area contributed by atoms with Crippen LogP contribution in [0.2, 0.25) is 0 Å². The lowest BCUT2D eigenvalue weighted by Gasteiger charge is -2.35. The number of rotatable bonds is 8. The standard InChI is InChI=1S/C10H23NO4/c1-11(2)8-10(14-5,15-6)7-9(12-3)13-4/h9H,7-8H2,1-6H3. The molecule has 0 fully saturated rings. The molecular weight excluding hydrogens is 198 g/mol. The molecule has 92 valence electrons. The van der Waals surface area contributed by atoms with Gasteiger partial charge < -0.3 is 23.8 Å². The molecule has 0 aliphatic rings. The van der Waals surface area contributed by atoms with E-state index in [9.17, 15) is 0 Å². The van der Waals surface area contributed by atoms with Crippen LogP contribution in [0, 0.1) is 0 Å². The first kappa shape index (κ1) is 14.8. The summed E-state index contributed by atoms with van der Waals surface area (Å²) in [5.41, 5.74) is 0. The van der Waals surface area contributed by atoms with Crippen molar-refractivity contribution in [2.45, 2.75) is 18.5 Å². The van der Waals surface area contributed by atoms with Crippen LogP contribution in [0.3, 0.4) is 0 Å². The lowest BCUT2D eigenvalue weighted by molar-refractivity contribution is -0.254. The molecule has 0 saturated heterocycles. The van der Waals surface area contributed by atoms with E-state index in [4.69, 9.17) is 18.9 Å². The minimum atomic E-state index is -0.694. The Morgan fingerprint density at radius 3 is 1.73 bits per heavy atom. The molecule has 0 heterocycles. The summed E-state index contributed by atoms with van der Waals surface area (Å²) in [4.78, 5) is 2.00. The van der Waals surface area contributed by atoms with Crippen LogP contribution in [0.15, 0.2) is 0 Å². The van der Waals surface area contributed by atoms with Crippen LogP contribution in [0.1, 0.15) is 6.42 Å². The number of ether oxygens (including phenoxy) is 4. The van der Waals surface area contributed by atoms with Crippen LogP contribution < -0.4 is 0 Å². The maximum Gasteiger partial charge on any atom is 0.185 e. The van der Waals surface area contributed by atoms with E-state index >= 15 is 0 Å². The van der Waals surface area contributed by atoms with Gasteiger partial charge in [-0.3, -0.25) is 0 Å². The molecule has 0 unspecified atom stereocenters. The van der Waals surface area contributed by atoms with Gasteiger partial charge in [0.25, 0.3) is 0 Å². The molecule has 0 N–H and O–H groups in total. The molecule has 0 aliphatic carbocycles. The number of hydrogen-bond acceptors (Lipinski definition) is 5.